The number of aromatic hydroxyl groups is 1. The SMILES string of the molecule is COc1cc(CNS(=O)(=O)c2ccc(N=Cc3c(O)[nH]c(=O)[nH]c3=O)cc2)nc(OC)n1. The monoisotopic (exact) mass is 462 g/mol. The van der Waals surface area contributed by atoms with Gasteiger partial charge in [0.15, 0.2) is 0 Å². The summed E-state index contributed by atoms with van der Waals surface area (Å²) in [5, 5.41) is 9.64. The second kappa shape index (κ2) is 9.40. The highest BCUT2D eigenvalue weighted by Gasteiger charge is 2.15. The van der Waals surface area contributed by atoms with Gasteiger partial charge >= 0.3 is 11.7 Å². The standard InChI is InChI=1S/C18H18N6O7S/c1-30-14-7-11(21-18(22-14)31-2)8-20-32(28,29)12-5-3-10(4-6-12)19-9-13-15(25)23-17(27)24-16(13)26/h3-7,9,20H,8H2,1-2H3,(H3,23,24,25,26,27). The number of aromatic amines is 2. The van der Waals surface area contributed by atoms with Gasteiger partial charge in [0, 0.05) is 12.3 Å². The van der Waals surface area contributed by atoms with E-state index in [0.717, 1.165) is 6.21 Å². The Morgan fingerprint density at radius 2 is 1.84 bits per heavy atom. The van der Waals surface area contributed by atoms with E-state index < -0.39 is 27.2 Å². The molecule has 13 nitrogen and oxygen atoms in total. The lowest BCUT2D eigenvalue weighted by atomic mass is 10.3. The molecule has 0 saturated heterocycles. The van der Waals surface area contributed by atoms with Gasteiger partial charge in [-0.3, -0.25) is 19.8 Å². The summed E-state index contributed by atoms with van der Waals surface area (Å²) in [6.45, 7) is -0.133. The van der Waals surface area contributed by atoms with E-state index in [9.17, 15) is 23.1 Å². The molecule has 2 aromatic heterocycles. The highest BCUT2D eigenvalue weighted by Crippen LogP contribution is 2.18. The zero-order valence-electron chi connectivity index (χ0n) is 16.8. The third-order valence-corrected chi connectivity index (χ3v) is 5.44. The van der Waals surface area contributed by atoms with Crippen LogP contribution >= 0.6 is 0 Å². The normalized spacial score (nSPS) is 11.6. The van der Waals surface area contributed by atoms with E-state index in [1.54, 1.807) is 0 Å². The number of hydrogen-bond acceptors (Lipinski definition) is 10. The largest absolute Gasteiger partial charge is 0.494 e. The molecule has 3 aromatic rings. The topological polar surface area (TPSA) is 189 Å². The van der Waals surface area contributed by atoms with Crippen LogP contribution in [0.3, 0.4) is 0 Å². The molecule has 0 atom stereocenters. The minimum Gasteiger partial charge on any atom is -0.494 e. The minimum absolute atomic E-state index is 0.0332. The second-order valence-electron chi connectivity index (χ2n) is 6.14. The Kier molecular flexibility index (Phi) is 6.65. The first-order valence-electron chi connectivity index (χ1n) is 8.87. The zero-order chi connectivity index (χ0) is 23.3. The van der Waals surface area contributed by atoms with Gasteiger partial charge in [-0.15, -0.1) is 0 Å². The predicted molar refractivity (Wildman–Crippen MR) is 112 cm³/mol. The number of aliphatic imine (C=N–C) groups is 1. The van der Waals surface area contributed by atoms with Gasteiger partial charge in [-0.1, -0.05) is 0 Å². The summed E-state index contributed by atoms with van der Waals surface area (Å²) >= 11 is 0. The molecule has 0 aliphatic rings. The number of nitrogens with zero attached hydrogens (tertiary/aromatic N) is 3. The highest BCUT2D eigenvalue weighted by molar-refractivity contribution is 7.89. The Hall–Kier alpha value is -4.04. The lowest BCUT2D eigenvalue weighted by Gasteiger charge is -2.09. The maximum atomic E-state index is 12.6. The molecule has 0 aliphatic carbocycles. The van der Waals surface area contributed by atoms with Crippen LogP contribution in [0.1, 0.15) is 11.3 Å². The predicted octanol–water partition coefficient (Wildman–Crippen LogP) is -0.195. The quantitative estimate of drug-likeness (QED) is 0.329. The molecular formula is C18H18N6O7S. The average molecular weight is 462 g/mol. The average Bonchev–Trinajstić information content (AvgIpc) is 2.77. The molecule has 1 aromatic carbocycles. The van der Waals surface area contributed by atoms with Crippen molar-refractivity contribution >= 4 is 21.9 Å². The summed E-state index contributed by atoms with van der Waals surface area (Å²) in [6, 6.07) is 6.93. The molecule has 0 spiro atoms. The lowest BCUT2D eigenvalue weighted by molar-refractivity contribution is 0.349. The van der Waals surface area contributed by atoms with Gasteiger partial charge < -0.3 is 14.6 Å². The zero-order valence-corrected chi connectivity index (χ0v) is 17.6. The van der Waals surface area contributed by atoms with Crippen LogP contribution in [-0.4, -0.2) is 53.9 Å². The van der Waals surface area contributed by atoms with Crippen molar-refractivity contribution in [1.29, 1.82) is 0 Å². The maximum absolute atomic E-state index is 12.6. The van der Waals surface area contributed by atoms with Crippen LogP contribution in [0.5, 0.6) is 17.8 Å². The van der Waals surface area contributed by atoms with Crippen LogP contribution in [-0.2, 0) is 16.6 Å². The molecule has 0 radical (unpaired) electrons. The second-order valence-corrected chi connectivity index (χ2v) is 7.90. The lowest BCUT2D eigenvalue weighted by Crippen LogP contribution is -2.24. The van der Waals surface area contributed by atoms with E-state index >= 15 is 0 Å². The molecule has 0 fully saturated rings. The number of hydrogen-bond donors (Lipinski definition) is 4. The van der Waals surface area contributed by atoms with Gasteiger partial charge in [-0.25, -0.2) is 17.9 Å². The van der Waals surface area contributed by atoms with Crippen LogP contribution in [0.25, 0.3) is 0 Å². The molecule has 0 aliphatic heterocycles. The van der Waals surface area contributed by atoms with Gasteiger partial charge in [0.25, 0.3) is 5.56 Å². The molecule has 32 heavy (non-hydrogen) atoms. The molecule has 2 heterocycles. The smallest absolute Gasteiger partial charge is 0.328 e. The van der Waals surface area contributed by atoms with Gasteiger partial charge in [-0.05, 0) is 24.3 Å². The van der Waals surface area contributed by atoms with E-state index in [1.807, 2.05) is 9.97 Å². The van der Waals surface area contributed by atoms with E-state index in [-0.39, 0.29) is 28.9 Å². The van der Waals surface area contributed by atoms with Crippen LogP contribution in [0.2, 0.25) is 0 Å². The Balaban J connectivity index is 1.74. The van der Waals surface area contributed by atoms with Crippen LogP contribution < -0.4 is 25.4 Å². The van der Waals surface area contributed by atoms with Crippen LogP contribution in [0.4, 0.5) is 5.69 Å². The molecule has 168 valence electrons. The third kappa shape index (κ3) is 5.35. The molecule has 0 saturated carbocycles. The Labute approximate surface area is 180 Å². The number of methoxy groups -OCH3 is 2. The fraction of sp³-hybridized carbons (Fsp3) is 0.167. The van der Waals surface area contributed by atoms with Crippen molar-refractivity contribution in [2.75, 3.05) is 14.2 Å². The van der Waals surface area contributed by atoms with E-state index in [4.69, 9.17) is 9.47 Å². The van der Waals surface area contributed by atoms with Crippen molar-refractivity contribution < 1.29 is 23.0 Å². The fourth-order valence-corrected chi connectivity index (χ4v) is 3.44. The van der Waals surface area contributed by atoms with Crippen molar-refractivity contribution in [2.24, 2.45) is 4.99 Å². The summed E-state index contributed by atoms with van der Waals surface area (Å²) in [5.41, 5.74) is -1.29. The molecular weight excluding hydrogens is 444 g/mol. The number of rotatable bonds is 8. The van der Waals surface area contributed by atoms with Crippen molar-refractivity contribution in [2.45, 2.75) is 11.4 Å². The highest BCUT2D eigenvalue weighted by atomic mass is 32.2. The van der Waals surface area contributed by atoms with E-state index in [2.05, 4.69) is 19.7 Å². The molecule has 4 N–H and O–H groups in total. The van der Waals surface area contributed by atoms with Crippen molar-refractivity contribution in [3.8, 4) is 17.8 Å². The van der Waals surface area contributed by atoms with Crippen molar-refractivity contribution in [3.05, 3.63) is 62.4 Å². The first kappa shape index (κ1) is 22.6. The molecule has 0 bridgehead atoms. The maximum Gasteiger partial charge on any atom is 0.328 e. The van der Waals surface area contributed by atoms with Crippen LogP contribution in [0.15, 0.2) is 49.8 Å². The van der Waals surface area contributed by atoms with Gasteiger partial charge in [0.2, 0.25) is 21.8 Å². The van der Waals surface area contributed by atoms with Crippen molar-refractivity contribution in [1.82, 2.24) is 24.7 Å². The summed E-state index contributed by atoms with van der Waals surface area (Å²) in [7, 11) is -1.09. The van der Waals surface area contributed by atoms with Gasteiger partial charge in [-0.2, -0.15) is 9.97 Å². The minimum atomic E-state index is -3.88. The Morgan fingerprint density at radius 3 is 2.47 bits per heavy atom. The third-order valence-electron chi connectivity index (χ3n) is 4.02. The van der Waals surface area contributed by atoms with E-state index in [1.165, 1.54) is 44.6 Å². The molecule has 3 rings (SSSR count). The van der Waals surface area contributed by atoms with E-state index in [0.29, 0.717) is 11.4 Å². The summed E-state index contributed by atoms with van der Waals surface area (Å²) in [6.07, 6.45) is 1.04. The first-order chi connectivity index (χ1) is 15.2. The number of benzene rings is 1. The first-order valence-corrected chi connectivity index (χ1v) is 10.4. The van der Waals surface area contributed by atoms with Crippen molar-refractivity contribution in [3.63, 3.8) is 0 Å². The number of H-pyrrole nitrogens is 2. The Bertz CT molecular complexity index is 1340. The van der Waals surface area contributed by atoms with Crippen LogP contribution in [0, 0.1) is 0 Å². The molecule has 0 amide bonds. The number of aromatic nitrogens is 4. The molecule has 0 unspecified atom stereocenters. The summed E-state index contributed by atoms with van der Waals surface area (Å²) in [5.74, 6) is -0.412. The van der Waals surface area contributed by atoms with Gasteiger partial charge in [0.05, 0.1) is 37.0 Å². The number of sulfonamides is 1. The summed E-state index contributed by atoms with van der Waals surface area (Å²) < 4.78 is 37.5. The molecule has 14 heteroatoms. The number of nitrogens with one attached hydrogen (secondary N) is 3. The summed E-state index contributed by atoms with van der Waals surface area (Å²) in [4.78, 5) is 38.7. The Morgan fingerprint density at radius 1 is 1.12 bits per heavy atom. The van der Waals surface area contributed by atoms with Gasteiger partial charge in [0.1, 0.15) is 5.56 Å². The fourth-order valence-electron chi connectivity index (χ4n) is 2.44. The number of ether oxygens (including phenoxy) is 2.